The van der Waals surface area contributed by atoms with Gasteiger partial charge < -0.3 is 19.9 Å². The van der Waals surface area contributed by atoms with Crippen LogP contribution in [0.25, 0.3) is 0 Å². The van der Waals surface area contributed by atoms with E-state index in [1.807, 2.05) is 34.1 Å². The lowest BCUT2D eigenvalue weighted by Crippen LogP contribution is -2.52. The summed E-state index contributed by atoms with van der Waals surface area (Å²) < 4.78 is 5.39. The van der Waals surface area contributed by atoms with Gasteiger partial charge in [-0.15, -0.1) is 0 Å². The standard InChI is InChI=1S/C19H27N3O3/c1-14-13-16(25-2)8-11-22(14)19(24)20-9-12-21-10-7-15-5-3-4-6-17(15)18(21)23/h3-6,14,16H,7-13H2,1-2H3,(H,20,24)/t14-,16+/m0/s1. The van der Waals surface area contributed by atoms with Crippen LogP contribution < -0.4 is 5.32 Å². The number of hydrogen-bond acceptors (Lipinski definition) is 3. The first-order valence-electron chi connectivity index (χ1n) is 9.04. The number of benzene rings is 1. The van der Waals surface area contributed by atoms with Gasteiger partial charge in [0, 0.05) is 44.9 Å². The molecule has 3 amide bonds. The zero-order valence-electron chi connectivity index (χ0n) is 15.0. The molecule has 2 atom stereocenters. The lowest BCUT2D eigenvalue weighted by molar-refractivity contribution is 0.0292. The molecule has 0 unspecified atom stereocenters. The smallest absolute Gasteiger partial charge is 0.317 e. The van der Waals surface area contributed by atoms with E-state index in [1.165, 1.54) is 0 Å². The number of urea groups is 1. The molecule has 1 aromatic carbocycles. The van der Waals surface area contributed by atoms with Crippen LogP contribution in [0.2, 0.25) is 0 Å². The van der Waals surface area contributed by atoms with Crippen molar-refractivity contribution < 1.29 is 14.3 Å². The van der Waals surface area contributed by atoms with Crippen LogP contribution in [0.1, 0.15) is 35.7 Å². The Bertz CT molecular complexity index is 634. The average molecular weight is 345 g/mol. The number of ether oxygens (including phenoxy) is 1. The largest absolute Gasteiger partial charge is 0.381 e. The molecule has 2 heterocycles. The van der Waals surface area contributed by atoms with Gasteiger partial charge in [-0.2, -0.15) is 0 Å². The molecule has 2 aliphatic heterocycles. The number of fused-ring (bicyclic) bond motifs is 1. The van der Waals surface area contributed by atoms with E-state index in [1.54, 1.807) is 7.11 Å². The van der Waals surface area contributed by atoms with Gasteiger partial charge in [0.05, 0.1) is 6.10 Å². The number of methoxy groups -OCH3 is 1. The second kappa shape index (κ2) is 7.87. The van der Waals surface area contributed by atoms with Gasteiger partial charge in [-0.05, 0) is 37.8 Å². The number of nitrogens with zero attached hydrogens (tertiary/aromatic N) is 2. The maximum absolute atomic E-state index is 12.5. The van der Waals surface area contributed by atoms with Gasteiger partial charge in [0.25, 0.3) is 5.91 Å². The normalized spacial score (nSPS) is 23.4. The van der Waals surface area contributed by atoms with Gasteiger partial charge >= 0.3 is 6.03 Å². The highest BCUT2D eigenvalue weighted by atomic mass is 16.5. The molecule has 6 heteroatoms. The van der Waals surface area contributed by atoms with Crippen LogP contribution in [0.3, 0.4) is 0 Å². The third-order valence-electron chi connectivity index (χ3n) is 5.27. The fourth-order valence-electron chi connectivity index (χ4n) is 3.73. The summed E-state index contributed by atoms with van der Waals surface area (Å²) in [5, 5.41) is 2.96. The lowest BCUT2D eigenvalue weighted by atomic mass is 9.99. The second-order valence-electron chi connectivity index (χ2n) is 6.86. The summed E-state index contributed by atoms with van der Waals surface area (Å²) in [6.07, 6.45) is 2.85. The van der Waals surface area contributed by atoms with Crippen molar-refractivity contribution >= 4 is 11.9 Å². The van der Waals surface area contributed by atoms with Crippen molar-refractivity contribution in [1.82, 2.24) is 15.1 Å². The van der Waals surface area contributed by atoms with E-state index in [0.717, 1.165) is 30.4 Å². The number of nitrogens with one attached hydrogen (secondary N) is 1. The number of rotatable bonds is 4. The van der Waals surface area contributed by atoms with Crippen LogP contribution in [0.4, 0.5) is 4.79 Å². The van der Waals surface area contributed by atoms with Crippen molar-refractivity contribution in [2.75, 3.05) is 33.3 Å². The summed E-state index contributed by atoms with van der Waals surface area (Å²) in [5.74, 6) is 0.0605. The molecule has 0 spiro atoms. The highest BCUT2D eigenvalue weighted by Gasteiger charge is 2.29. The molecule has 0 saturated carbocycles. The minimum atomic E-state index is -0.0492. The molecule has 136 valence electrons. The summed E-state index contributed by atoms with van der Waals surface area (Å²) in [5.41, 5.74) is 1.90. The monoisotopic (exact) mass is 345 g/mol. The van der Waals surface area contributed by atoms with E-state index in [4.69, 9.17) is 4.74 Å². The molecule has 1 saturated heterocycles. The Labute approximate surface area is 149 Å². The van der Waals surface area contributed by atoms with Crippen LogP contribution in [0.15, 0.2) is 24.3 Å². The molecular weight excluding hydrogens is 318 g/mol. The number of likely N-dealkylation sites (tertiary alicyclic amines) is 1. The number of carbonyl (C=O) groups is 2. The Morgan fingerprint density at radius 1 is 1.32 bits per heavy atom. The second-order valence-corrected chi connectivity index (χ2v) is 6.86. The number of amides is 3. The quantitative estimate of drug-likeness (QED) is 0.906. The molecule has 3 rings (SSSR count). The molecule has 1 N–H and O–H groups in total. The predicted molar refractivity (Wildman–Crippen MR) is 95.6 cm³/mol. The van der Waals surface area contributed by atoms with E-state index >= 15 is 0 Å². The van der Waals surface area contributed by atoms with Gasteiger partial charge in [0.1, 0.15) is 0 Å². The molecule has 25 heavy (non-hydrogen) atoms. The Morgan fingerprint density at radius 3 is 2.88 bits per heavy atom. The van der Waals surface area contributed by atoms with E-state index in [2.05, 4.69) is 12.2 Å². The molecule has 6 nitrogen and oxygen atoms in total. The Hall–Kier alpha value is -2.08. The Balaban J connectivity index is 1.47. The van der Waals surface area contributed by atoms with Gasteiger partial charge in [-0.3, -0.25) is 4.79 Å². The predicted octanol–water partition coefficient (Wildman–Crippen LogP) is 1.89. The third-order valence-corrected chi connectivity index (χ3v) is 5.27. The van der Waals surface area contributed by atoms with Crippen molar-refractivity contribution in [1.29, 1.82) is 0 Å². The Morgan fingerprint density at radius 2 is 2.12 bits per heavy atom. The SMILES string of the molecule is CO[C@@H]1CCN(C(=O)NCCN2CCc3ccccc3C2=O)[C@@H](C)C1. The van der Waals surface area contributed by atoms with Crippen molar-refractivity contribution in [2.24, 2.45) is 0 Å². The first kappa shape index (κ1) is 17.7. The molecule has 0 radical (unpaired) electrons. The van der Waals surface area contributed by atoms with Crippen LogP contribution >= 0.6 is 0 Å². The molecule has 0 aliphatic carbocycles. The van der Waals surface area contributed by atoms with Crippen LogP contribution in [-0.2, 0) is 11.2 Å². The summed E-state index contributed by atoms with van der Waals surface area (Å²) >= 11 is 0. The van der Waals surface area contributed by atoms with Crippen molar-refractivity contribution in [3.63, 3.8) is 0 Å². The maximum Gasteiger partial charge on any atom is 0.317 e. The molecule has 0 bridgehead atoms. The molecule has 1 fully saturated rings. The van der Waals surface area contributed by atoms with Crippen molar-refractivity contribution in [3.05, 3.63) is 35.4 Å². The molecular formula is C19H27N3O3. The number of piperidine rings is 1. The van der Waals surface area contributed by atoms with Gasteiger partial charge in [-0.25, -0.2) is 4.79 Å². The summed E-state index contributed by atoms with van der Waals surface area (Å²) in [6, 6.07) is 7.87. The van der Waals surface area contributed by atoms with E-state index < -0.39 is 0 Å². The Kier molecular flexibility index (Phi) is 5.58. The van der Waals surface area contributed by atoms with E-state index in [9.17, 15) is 9.59 Å². The van der Waals surface area contributed by atoms with Gasteiger partial charge in [-0.1, -0.05) is 18.2 Å². The van der Waals surface area contributed by atoms with Gasteiger partial charge in [0.2, 0.25) is 0 Å². The van der Waals surface area contributed by atoms with Gasteiger partial charge in [0.15, 0.2) is 0 Å². The fourth-order valence-corrected chi connectivity index (χ4v) is 3.73. The third kappa shape index (κ3) is 3.95. The van der Waals surface area contributed by atoms with Crippen molar-refractivity contribution in [2.45, 2.75) is 38.3 Å². The van der Waals surface area contributed by atoms with E-state index in [0.29, 0.717) is 26.2 Å². The summed E-state index contributed by atoms with van der Waals surface area (Å²) in [6.45, 7) is 4.49. The average Bonchev–Trinajstić information content (AvgIpc) is 2.63. The first-order valence-corrected chi connectivity index (χ1v) is 9.04. The van der Waals surface area contributed by atoms with E-state index in [-0.39, 0.29) is 24.1 Å². The highest BCUT2D eigenvalue weighted by molar-refractivity contribution is 5.96. The zero-order chi connectivity index (χ0) is 17.8. The highest BCUT2D eigenvalue weighted by Crippen LogP contribution is 2.20. The number of carbonyl (C=O) groups excluding carboxylic acids is 2. The fraction of sp³-hybridized carbons (Fsp3) is 0.579. The van der Waals surface area contributed by atoms with Crippen LogP contribution in [-0.4, -0.2) is 67.2 Å². The minimum Gasteiger partial charge on any atom is -0.381 e. The molecule has 0 aromatic heterocycles. The molecule has 2 aliphatic rings. The first-order chi connectivity index (χ1) is 12.1. The minimum absolute atomic E-state index is 0.0492. The molecule has 1 aromatic rings. The maximum atomic E-state index is 12.5. The van der Waals surface area contributed by atoms with Crippen LogP contribution in [0, 0.1) is 0 Å². The topological polar surface area (TPSA) is 61.9 Å². The summed E-state index contributed by atoms with van der Waals surface area (Å²) in [4.78, 5) is 28.6. The van der Waals surface area contributed by atoms with Crippen LogP contribution in [0.5, 0.6) is 0 Å². The lowest BCUT2D eigenvalue weighted by Gasteiger charge is -2.37. The number of hydrogen-bond donors (Lipinski definition) is 1. The zero-order valence-corrected chi connectivity index (χ0v) is 15.0. The summed E-state index contributed by atoms with van der Waals surface area (Å²) in [7, 11) is 1.72. The van der Waals surface area contributed by atoms with Crippen molar-refractivity contribution in [3.8, 4) is 0 Å².